The van der Waals surface area contributed by atoms with E-state index < -0.39 is 0 Å². The molecule has 3 atom stereocenters. The van der Waals surface area contributed by atoms with Gasteiger partial charge in [-0.15, -0.1) is 0 Å². The largest absolute Gasteiger partial charge is 0.369 e. The Balaban J connectivity index is 2.31. The van der Waals surface area contributed by atoms with E-state index in [-0.39, 0.29) is 17.9 Å². The minimum atomic E-state index is -0.199. The molecule has 0 spiro atoms. The fourth-order valence-electron chi connectivity index (χ4n) is 2.81. The number of anilines is 1. The van der Waals surface area contributed by atoms with Crippen molar-refractivity contribution >= 4 is 11.6 Å². The second kappa shape index (κ2) is 5.61. The summed E-state index contributed by atoms with van der Waals surface area (Å²) in [4.78, 5) is 13.7. The Bertz CT molecular complexity index is 458. The number of hydrogen-bond donors (Lipinski definition) is 2. The molecule has 4 nitrogen and oxygen atoms in total. The molecular formula is C15H23N3O. The van der Waals surface area contributed by atoms with Gasteiger partial charge in [-0.05, 0) is 38.3 Å². The summed E-state index contributed by atoms with van der Waals surface area (Å²) in [6.45, 7) is 4.87. The molecule has 1 aromatic carbocycles. The molecule has 1 aliphatic rings. The number of hydrogen-bond acceptors (Lipinski definition) is 3. The van der Waals surface area contributed by atoms with E-state index in [0.717, 1.165) is 24.1 Å². The first-order chi connectivity index (χ1) is 9.00. The van der Waals surface area contributed by atoms with Gasteiger partial charge in [0.1, 0.15) is 0 Å². The van der Waals surface area contributed by atoms with Crippen molar-refractivity contribution in [1.29, 1.82) is 0 Å². The molecule has 3 unspecified atom stereocenters. The van der Waals surface area contributed by atoms with Crippen LogP contribution in [0, 0.1) is 5.92 Å². The van der Waals surface area contributed by atoms with Gasteiger partial charge in [-0.1, -0.05) is 18.2 Å². The molecule has 1 fully saturated rings. The third-order valence-corrected chi connectivity index (χ3v) is 4.02. The average molecular weight is 261 g/mol. The topological polar surface area (TPSA) is 72.3 Å². The summed E-state index contributed by atoms with van der Waals surface area (Å²) in [7, 11) is 0. The number of nitrogens with two attached hydrogens (primary N) is 2. The third-order valence-electron chi connectivity index (χ3n) is 4.02. The summed E-state index contributed by atoms with van der Waals surface area (Å²) in [5.41, 5.74) is 13.8. The lowest BCUT2D eigenvalue weighted by molar-refractivity contribution is -0.122. The fraction of sp³-hybridized carbons (Fsp3) is 0.533. The highest BCUT2D eigenvalue weighted by Gasteiger charge is 2.29. The number of amides is 1. The number of carbonyl (C=O) groups is 1. The molecule has 104 valence electrons. The van der Waals surface area contributed by atoms with Gasteiger partial charge in [-0.3, -0.25) is 4.79 Å². The first kappa shape index (κ1) is 13.9. The molecule has 0 radical (unpaired) electrons. The molecule has 0 saturated carbocycles. The summed E-state index contributed by atoms with van der Waals surface area (Å²) in [6, 6.07) is 8.55. The number of nitrogens with zero attached hydrogens (tertiary/aromatic N) is 1. The van der Waals surface area contributed by atoms with Crippen LogP contribution in [0.2, 0.25) is 0 Å². The van der Waals surface area contributed by atoms with Gasteiger partial charge in [0.15, 0.2) is 0 Å². The lowest BCUT2D eigenvalue weighted by Crippen LogP contribution is -2.46. The molecule has 1 aliphatic heterocycles. The number of rotatable bonds is 3. The number of para-hydroxylation sites is 1. The molecule has 4 heteroatoms. The maximum Gasteiger partial charge on any atom is 0.222 e. The number of piperidine rings is 1. The van der Waals surface area contributed by atoms with Gasteiger partial charge in [0, 0.05) is 24.3 Å². The van der Waals surface area contributed by atoms with Crippen LogP contribution in [0.25, 0.3) is 0 Å². The Labute approximate surface area is 114 Å². The zero-order valence-electron chi connectivity index (χ0n) is 11.7. The van der Waals surface area contributed by atoms with E-state index in [4.69, 9.17) is 11.5 Å². The maximum absolute atomic E-state index is 11.4. The van der Waals surface area contributed by atoms with Gasteiger partial charge < -0.3 is 16.4 Å². The van der Waals surface area contributed by atoms with Crippen molar-refractivity contribution in [1.82, 2.24) is 0 Å². The molecule has 4 N–H and O–H groups in total. The zero-order chi connectivity index (χ0) is 14.0. The van der Waals surface area contributed by atoms with E-state index in [0.29, 0.717) is 12.6 Å². The Morgan fingerprint density at radius 3 is 2.68 bits per heavy atom. The van der Waals surface area contributed by atoms with Gasteiger partial charge in [0.05, 0.1) is 5.92 Å². The van der Waals surface area contributed by atoms with Crippen molar-refractivity contribution in [2.75, 3.05) is 11.4 Å². The monoisotopic (exact) mass is 261 g/mol. The van der Waals surface area contributed by atoms with Crippen LogP contribution in [-0.4, -0.2) is 18.5 Å². The van der Waals surface area contributed by atoms with E-state index in [2.05, 4.69) is 24.0 Å². The molecule has 1 saturated heterocycles. The predicted molar refractivity (Wildman–Crippen MR) is 77.8 cm³/mol. The van der Waals surface area contributed by atoms with Crippen molar-refractivity contribution < 1.29 is 4.79 Å². The zero-order valence-corrected chi connectivity index (χ0v) is 11.7. The average Bonchev–Trinajstić information content (AvgIpc) is 2.39. The highest BCUT2D eigenvalue weighted by Crippen LogP contribution is 2.32. The quantitative estimate of drug-likeness (QED) is 0.871. The van der Waals surface area contributed by atoms with Crippen molar-refractivity contribution in [3.63, 3.8) is 0 Å². The lowest BCUT2D eigenvalue weighted by Gasteiger charge is -2.40. The first-order valence-electron chi connectivity index (χ1n) is 6.91. The van der Waals surface area contributed by atoms with Gasteiger partial charge in [0.25, 0.3) is 0 Å². The molecule has 0 bridgehead atoms. The molecule has 1 aromatic rings. The SMILES string of the molecule is CC(N)c1ccccc1N1CC(C(N)=O)CCC1C. The van der Waals surface area contributed by atoms with Crippen molar-refractivity contribution in [2.24, 2.45) is 17.4 Å². The van der Waals surface area contributed by atoms with Crippen LogP contribution in [-0.2, 0) is 4.79 Å². The van der Waals surface area contributed by atoms with Crippen LogP contribution in [0.3, 0.4) is 0 Å². The summed E-state index contributed by atoms with van der Waals surface area (Å²) in [5.74, 6) is -0.257. The highest BCUT2D eigenvalue weighted by molar-refractivity contribution is 5.78. The summed E-state index contributed by atoms with van der Waals surface area (Å²) >= 11 is 0. The molecule has 19 heavy (non-hydrogen) atoms. The van der Waals surface area contributed by atoms with Crippen LogP contribution in [0.5, 0.6) is 0 Å². The molecule has 1 heterocycles. The Morgan fingerprint density at radius 2 is 2.05 bits per heavy atom. The van der Waals surface area contributed by atoms with Gasteiger partial charge in [0.2, 0.25) is 5.91 Å². The van der Waals surface area contributed by atoms with Crippen molar-refractivity contribution in [3.05, 3.63) is 29.8 Å². The standard InChI is InChI=1S/C15H23N3O/c1-10-7-8-12(15(17)19)9-18(10)14-6-4-3-5-13(14)11(2)16/h3-6,10-12H,7-9,16H2,1-2H3,(H2,17,19). The van der Waals surface area contributed by atoms with Gasteiger partial charge in [-0.25, -0.2) is 0 Å². The van der Waals surface area contributed by atoms with E-state index in [9.17, 15) is 4.79 Å². The van der Waals surface area contributed by atoms with E-state index >= 15 is 0 Å². The molecule has 2 rings (SSSR count). The van der Waals surface area contributed by atoms with Gasteiger partial charge in [-0.2, -0.15) is 0 Å². The Hall–Kier alpha value is -1.55. The van der Waals surface area contributed by atoms with Crippen molar-refractivity contribution in [2.45, 2.75) is 38.8 Å². The lowest BCUT2D eigenvalue weighted by atomic mass is 9.91. The Kier molecular flexibility index (Phi) is 4.10. The highest BCUT2D eigenvalue weighted by atomic mass is 16.1. The number of primary amides is 1. The van der Waals surface area contributed by atoms with E-state index in [1.54, 1.807) is 0 Å². The second-order valence-corrected chi connectivity index (χ2v) is 5.53. The van der Waals surface area contributed by atoms with Crippen molar-refractivity contribution in [3.8, 4) is 0 Å². The summed E-state index contributed by atoms with van der Waals surface area (Å²) in [6.07, 6.45) is 1.87. The predicted octanol–water partition coefficient (Wildman–Crippen LogP) is 1.80. The van der Waals surface area contributed by atoms with Crippen LogP contribution in [0.1, 0.15) is 38.3 Å². The summed E-state index contributed by atoms with van der Waals surface area (Å²) in [5, 5.41) is 0. The maximum atomic E-state index is 11.4. The normalized spacial score (nSPS) is 25.1. The number of benzene rings is 1. The van der Waals surface area contributed by atoms with Crippen LogP contribution < -0.4 is 16.4 Å². The minimum absolute atomic E-state index is 0.0163. The Morgan fingerprint density at radius 1 is 1.37 bits per heavy atom. The molecule has 0 aromatic heterocycles. The first-order valence-corrected chi connectivity index (χ1v) is 6.91. The molecule has 1 amide bonds. The van der Waals surface area contributed by atoms with E-state index in [1.165, 1.54) is 0 Å². The van der Waals surface area contributed by atoms with Crippen LogP contribution in [0.15, 0.2) is 24.3 Å². The number of carbonyl (C=O) groups excluding carboxylic acids is 1. The van der Waals surface area contributed by atoms with E-state index in [1.807, 2.05) is 19.1 Å². The van der Waals surface area contributed by atoms with Crippen LogP contribution >= 0.6 is 0 Å². The smallest absolute Gasteiger partial charge is 0.222 e. The third kappa shape index (κ3) is 2.89. The summed E-state index contributed by atoms with van der Waals surface area (Å²) < 4.78 is 0. The fourth-order valence-corrected chi connectivity index (χ4v) is 2.81. The minimum Gasteiger partial charge on any atom is -0.369 e. The van der Waals surface area contributed by atoms with Crippen LogP contribution in [0.4, 0.5) is 5.69 Å². The molecule has 0 aliphatic carbocycles. The van der Waals surface area contributed by atoms with Gasteiger partial charge >= 0.3 is 0 Å². The molecular weight excluding hydrogens is 238 g/mol. The second-order valence-electron chi connectivity index (χ2n) is 5.53.